The highest BCUT2D eigenvalue weighted by atomic mass is 35.5. The van der Waals surface area contributed by atoms with Crippen LogP contribution in [0.1, 0.15) is 44.6 Å². The Kier molecular flexibility index (Phi) is 6.19. The quantitative estimate of drug-likeness (QED) is 0.660. The highest BCUT2D eigenvalue weighted by Gasteiger charge is 2.24. The smallest absolute Gasteiger partial charge is 0.252 e. The van der Waals surface area contributed by atoms with Crippen molar-refractivity contribution in [3.05, 3.63) is 45.5 Å². The average molecular weight is 379 g/mol. The Hall–Kier alpha value is -1.32. The Morgan fingerprint density at radius 3 is 2.52 bits per heavy atom. The zero-order chi connectivity index (χ0) is 17.8. The van der Waals surface area contributed by atoms with Crippen molar-refractivity contribution in [1.82, 2.24) is 4.90 Å². The zero-order valence-corrected chi connectivity index (χ0v) is 16.1. The van der Waals surface area contributed by atoms with E-state index in [0.29, 0.717) is 23.1 Å². The Morgan fingerprint density at radius 1 is 1.24 bits per heavy atom. The first-order valence-corrected chi connectivity index (χ1v) is 9.74. The molecule has 1 aromatic carbocycles. The summed E-state index contributed by atoms with van der Waals surface area (Å²) < 4.78 is 0. The molecule has 0 spiro atoms. The van der Waals surface area contributed by atoms with E-state index in [1.807, 2.05) is 36.1 Å². The van der Waals surface area contributed by atoms with Gasteiger partial charge >= 0.3 is 0 Å². The number of aliphatic imine (C=N–C) groups is 1. The van der Waals surface area contributed by atoms with Crippen LogP contribution >= 0.6 is 23.2 Å². The number of nitrogens with zero attached hydrogens (tertiary/aromatic N) is 2. The third-order valence-electron chi connectivity index (χ3n) is 5.14. The molecule has 0 aromatic heterocycles. The molecule has 5 heteroatoms. The van der Waals surface area contributed by atoms with Crippen LogP contribution in [0.2, 0.25) is 10.0 Å². The molecule has 0 radical (unpaired) electrons. The van der Waals surface area contributed by atoms with Crippen LogP contribution in [-0.4, -0.2) is 29.6 Å². The average Bonchev–Trinajstić information content (AvgIpc) is 3.25. The molecule has 3 nitrogen and oxygen atoms in total. The molecule has 25 heavy (non-hydrogen) atoms. The Morgan fingerprint density at radius 2 is 1.92 bits per heavy atom. The molecular formula is C20H24Cl2N2O. The van der Waals surface area contributed by atoms with E-state index in [1.165, 1.54) is 25.7 Å². The van der Waals surface area contributed by atoms with Crippen LogP contribution in [0.15, 0.2) is 34.8 Å². The first kappa shape index (κ1) is 18.5. The van der Waals surface area contributed by atoms with Crippen LogP contribution < -0.4 is 0 Å². The Bertz CT molecular complexity index is 685. The van der Waals surface area contributed by atoms with Gasteiger partial charge in [-0.2, -0.15) is 0 Å². The molecule has 0 unspecified atom stereocenters. The van der Waals surface area contributed by atoms with Gasteiger partial charge in [0.15, 0.2) is 0 Å². The summed E-state index contributed by atoms with van der Waals surface area (Å²) in [6.07, 6.45) is 8.11. The number of carbonyl (C=O) groups excluding carboxylic acids is 1. The Labute approximate surface area is 159 Å². The summed E-state index contributed by atoms with van der Waals surface area (Å²) in [5.74, 6) is 0.780. The van der Waals surface area contributed by atoms with Crippen molar-refractivity contribution < 1.29 is 4.79 Å². The van der Waals surface area contributed by atoms with E-state index in [0.717, 1.165) is 35.7 Å². The normalized spacial score (nSPS) is 17.6. The summed E-state index contributed by atoms with van der Waals surface area (Å²) in [7, 11) is 0. The maximum absolute atomic E-state index is 13.0. The maximum atomic E-state index is 13.0. The minimum absolute atomic E-state index is 0.0505. The number of amides is 1. The molecule has 1 heterocycles. The molecule has 1 aromatic rings. The lowest BCUT2D eigenvalue weighted by atomic mass is 10.0. The van der Waals surface area contributed by atoms with Gasteiger partial charge in [0.2, 0.25) is 0 Å². The van der Waals surface area contributed by atoms with Gasteiger partial charge in [-0.1, -0.05) is 55.0 Å². The third-order valence-corrected chi connectivity index (χ3v) is 5.84. The lowest BCUT2D eigenvalue weighted by Crippen LogP contribution is -2.34. The molecule has 1 fully saturated rings. The van der Waals surface area contributed by atoms with Gasteiger partial charge in [-0.15, -0.1) is 0 Å². The molecule has 0 saturated heterocycles. The molecule has 1 amide bonds. The minimum atomic E-state index is 0.0505. The lowest BCUT2D eigenvalue weighted by molar-refractivity contribution is -0.127. The summed E-state index contributed by atoms with van der Waals surface area (Å²) >= 11 is 12.7. The van der Waals surface area contributed by atoms with Crippen molar-refractivity contribution in [2.24, 2.45) is 10.9 Å². The molecule has 1 aliphatic carbocycles. The van der Waals surface area contributed by atoms with Crippen LogP contribution in [0.25, 0.3) is 0 Å². The maximum Gasteiger partial charge on any atom is 0.252 e. The standard InChI is InChI=1S/C20H24Cl2N2O/c1-14-11-16(12-23-14)20(25)24(10-9-15-5-2-3-6-15)13-17-18(21)7-4-8-19(17)22/h4,7-8,11,15H,2-3,5-6,9-10,12-13H2,1H3. The monoisotopic (exact) mass is 378 g/mol. The van der Waals surface area contributed by atoms with Gasteiger partial charge in [-0.3, -0.25) is 9.79 Å². The first-order chi connectivity index (χ1) is 12.0. The fourth-order valence-electron chi connectivity index (χ4n) is 3.65. The minimum Gasteiger partial charge on any atom is -0.334 e. The molecule has 0 N–H and O–H groups in total. The van der Waals surface area contributed by atoms with E-state index in [4.69, 9.17) is 23.2 Å². The van der Waals surface area contributed by atoms with Crippen molar-refractivity contribution in [3.8, 4) is 0 Å². The molecule has 134 valence electrons. The predicted molar refractivity (Wildman–Crippen MR) is 105 cm³/mol. The molecule has 3 rings (SSSR count). The SMILES string of the molecule is CC1=NCC(C(=O)N(CCC2CCCC2)Cc2c(Cl)cccc2Cl)=C1. The number of rotatable bonds is 6. The van der Waals surface area contributed by atoms with Gasteiger partial charge in [0.05, 0.1) is 6.54 Å². The second-order valence-electron chi connectivity index (χ2n) is 6.99. The van der Waals surface area contributed by atoms with E-state index in [-0.39, 0.29) is 5.91 Å². The molecule has 2 aliphatic rings. The summed E-state index contributed by atoms with van der Waals surface area (Å²) in [4.78, 5) is 19.2. The highest BCUT2D eigenvalue weighted by Crippen LogP contribution is 2.30. The second-order valence-corrected chi connectivity index (χ2v) is 7.81. The highest BCUT2D eigenvalue weighted by molar-refractivity contribution is 6.36. The zero-order valence-electron chi connectivity index (χ0n) is 14.6. The van der Waals surface area contributed by atoms with Crippen molar-refractivity contribution in [2.45, 2.75) is 45.6 Å². The van der Waals surface area contributed by atoms with E-state index >= 15 is 0 Å². The number of allylic oxidation sites excluding steroid dienone is 1. The number of halogens is 2. The Balaban J connectivity index is 1.75. The van der Waals surface area contributed by atoms with Gasteiger partial charge < -0.3 is 4.90 Å². The van der Waals surface area contributed by atoms with Crippen LogP contribution in [-0.2, 0) is 11.3 Å². The van der Waals surface area contributed by atoms with Gasteiger partial charge in [0.25, 0.3) is 5.91 Å². The van der Waals surface area contributed by atoms with Crippen LogP contribution in [0.3, 0.4) is 0 Å². The van der Waals surface area contributed by atoms with Crippen LogP contribution in [0, 0.1) is 5.92 Å². The fraction of sp³-hybridized carbons (Fsp3) is 0.500. The molecule has 1 saturated carbocycles. The van der Waals surface area contributed by atoms with Crippen LogP contribution in [0.4, 0.5) is 0 Å². The number of hydrogen-bond acceptors (Lipinski definition) is 2. The summed E-state index contributed by atoms with van der Waals surface area (Å²) in [5.41, 5.74) is 2.49. The number of benzene rings is 1. The van der Waals surface area contributed by atoms with Crippen molar-refractivity contribution in [3.63, 3.8) is 0 Å². The van der Waals surface area contributed by atoms with E-state index in [9.17, 15) is 4.79 Å². The molecule has 1 aliphatic heterocycles. The fourth-order valence-corrected chi connectivity index (χ4v) is 4.17. The summed E-state index contributed by atoms with van der Waals surface area (Å²) in [6, 6.07) is 5.48. The van der Waals surface area contributed by atoms with Gasteiger partial charge in [-0.25, -0.2) is 0 Å². The van der Waals surface area contributed by atoms with E-state index in [1.54, 1.807) is 0 Å². The number of hydrogen-bond donors (Lipinski definition) is 0. The van der Waals surface area contributed by atoms with Crippen molar-refractivity contribution in [2.75, 3.05) is 13.1 Å². The topological polar surface area (TPSA) is 32.7 Å². The third kappa shape index (κ3) is 4.65. The summed E-state index contributed by atoms with van der Waals surface area (Å²) in [6.45, 7) is 3.58. The molecular weight excluding hydrogens is 355 g/mol. The van der Waals surface area contributed by atoms with Crippen molar-refractivity contribution in [1.29, 1.82) is 0 Å². The van der Waals surface area contributed by atoms with Gasteiger partial charge in [-0.05, 0) is 37.5 Å². The molecule has 0 atom stereocenters. The largest absolute Gasteiger partial charge is 0.334 e. The predicted octanol–water partition coefficient (Wildman–Crippen LogP) is 5.30. The van der Waals surface area contributed by atoms with Gasteiger partial charge in [0.1, 0.15) is 0 Å². The molecule has 0 bridgehead atoms. The van der Waals surface area contributed by atoms with Gasteiger partial charge in [0, 0.05) is 40.0 Å². The first-order valence-electron chi connectivity index (χ1n) is 8.98. The summed E-state index contributed by atoms with van der Waals surface area (Å²) in [5, 5.41) is 1.22. The van der Waals surface area contributed by atoms with E-state index in [2.05, 4.69) is 4.99 Å². The van der Waals surface area contributed by atoms with Crippen LogP contribution in [0.5, 0.6) is 0 Å². The lowest BCUT2D eigenvalue weighted by Gasteiger charge is -2.25. The van der Waals surface area contributed by atoms with Crippen molar-refractivity contribution >= 4 is 34.8 Å². The number of carbonyl (C=O) groups is 1. The van der Waals surface area contributed by atoms with E-state index < -0.39 is 0 Å². The second kappa shape index (κ2) is 8.37.